The molecule has 0 bridgehead atoms. The third-order valence-electron chi connectivity index (χ3n) is 2.06. The van der Waals surface area contributed by atoms with Gasteiger partial charge in [0.05, 0.1) is 9.60 Å². The van der Waals surface area contributed by atoms with Gasteiger partial charge in [0.1, 0.15) is 18.5 Å². The molecule has 0 saturated carbocycles. The molecule has 3 nitrogen and oxygen atoms in total. The molecule has 0 aliphatic carbocycles. The van der Waals surface area contributed by atoms with E-state index < -0.39 is 97.8 Å². The van der Waals surface area contributed by atoms with E-state index in [9.17, 15) is 5.11 Å². The van der Waals surface area contributed by atoms with Gasteiger partial charge in [-0.3, -0.25) is 0 Å². The summed E-state index contributed by atoms with van der Waals surface area (Å²) in [7, 11) is 0. The van der Waals surface area contributed by atoms with Gasteiger partial charge in [-0.05, 0) is 11.4 Å². The minimum absolute atomic E-state index is 0.414. The van der Waals surface area contributed by atoms with Crippen LogP contribution in [0.1, 0.15) is 34.3 Å². The Morgan fingerprint density at radius 1 is 1.32 bits per heavy atom. The van der Waals surface area contributed by atoms with Crippen LogP contribution >= 0.6 is 0 Å². The first-order valence-electron chi connectivity index (χ1n) is 12.8. The maximum atomic E-state index is 10.3. The van der Waals surface area contributed by atoms with E-state index in [2.05, 4.69) is 0 Å². The highest BCUT2D eigenvalue weighted by molar-refractivity contribution is 5.88. The van der Waals surface area contributed by atoms with Crippen molar-refractivity contribution in [2.45, 2.75) is 25.8 Å². The molecule has 102 valence electrons. The molecule has 0 aliphatic rings. The number of aliphatic hydroxyl groups excluding tert-OH is 1. The smallest absolute Gasteiger partial charge is 0.127 e. The molecule has 0 saturated heterocycles. The number of hydrogen-bond donors (Lipinski definition) is 2. The fraction of sp³-hybridized carbons (Fsp3) is 0.375. The Hall–Kier alpha value is -1.58. The number of rotatable bonds is 6. The number of aliphatic hydroxyl groups is 1. The quantitative estimate of drug-likeness (QED) is 0.850. The number of nitrogens with one attached hydrogen (secondary N) is 1. The average molecular weight is 274 g/mol. The molecule has 19 heavy (non-hydrogen) atoms. The van der Waals surface area contributed by atoms with E-state index in [0.29, 0.717) is 0 Å². The summed E-state index contributed by atoms with van der Waals surface area (Å²) in [6.45, 7) is -10.4. The zero-order chi connectivity index (χ0) is 26.5. The fourth-order valence-corrected chi connectivity index (χ4v) is 1.28. The maximum Gasteiger partial charge on any atom is 0.127 e. The zero-order valence-electron chi connectivity index (χ0n) is 24.7. The molecule has 2 aromatic rings. The molecule has 2 rings (SSSR count). The Morgan fingerprint density at radius 2 is 2.11 bits per heavy atom. The van der Waals surface area contributed by atoms with Crippen molar-refractivity contribution in [3.8, 4) is 5.75 Å². The first-order valence-corrected chi connectivity index (χ1v) is 5.31. The van der Waals surface area contributed by atoms with Gasteiger partial charge < -0.3 is 15.2 Å². The lowest BCUT2D eigenvalue weighted by molar-refractivity contribution is 0.105. The van der Waals surface area contributed by atoms with Gasteiger partial charge in [-0.15, -0.1) is 0 Å². The van der Waals surface area contributed by atoms with E-state index in [1.165, 1.54) is 0 Å². The number of fused-ring (bicyclic) bond motifs is 1. The summed E-state index contributed by atoms with van der Waals surface area (Å²) in [5.41, 5.74) is 0. The van der Waals surface area contributed by atoms with Crippen molar-refractivity contribution in [1.29, 1.82) is 0 Å². The van der Waals surface area contributed by atoms with Crippen molar-refractivity contribution < 1.29 is 30.4 Å². The van der Waals surface area contributed by atoms with E-state index in [4.69, 9.17) is 25.3 Å². The number of ether oxygens (including phenoxy) is 1. The van der Waals surface area contributed by atoms with Crippen LogP contribution in [0.25, 0.3) is 10.8 Å². The van der Waals surface area contributed by atoms with Gasteiger partial charge >= 0.3 is 0 Å². The predicted molar refractivity (Wildman–Crippen MR) is 78.6 cm³/mol. The molecule has 2 N–H and O–H groups in total. The van der Waals surface area contributed by atoms with E-state index in [1.54, 1.807) is 5.32 Å². The molecule has 1 atom stereocenters. The lowest BCUT2D eigenvalue weighted by Crippen LogP contribution is -2.35. The van der Waals surface area contributed by atoms with Crippen molar-refractivity contribution in [3.05, 3.63) is 42.3 Å². The van der Waals surface area contributed by atoms with Gasteiger partial charge in [-0.2, -0.15) is 0 Å². The van der Waals surface area contributed by atoms with Gasteiger partial charge in [0, 0.05) is 28.9 Å². The van der Waals surface area contributed by atoms with E-state index >= 15 is 0 Å². The first kappa shape index (κ1) is 4.21. The second-order valence-corrected chi connectivity index (χ2v) is 3.50. The molecule has 0 aromatic heterocycles. The zero-order valence-corrected chi connectivity index (χ0v) is 9.72. The SMILES string of the molecule is [2H]c1c([2H])c([2H])c2c(OCC(O)C([2H])([2H])NC(C([2H])([2H])[2H])C([2H])([2H])[2H])c([2H])c([2H])c([2H])c2c1[2H]. The Labute approximate surface area is 135 Å². The molecule has 0 amide bonds. The molecule has 0 fully saturated rings. The summed E-state index contributed by atoms with van der Waals surface area (Å²) in [6.07, 6.45) is -2.21. The van der Waals surface area contributed by atoms with Crippen molar-refractivity contribution in [2.75, 3.05) is 13.1 Å². The molecule has 2 aromatic carbocycles. The minimum Gasteiger partial charge on any atom is -0.490 e. The van der Waals surface area contributed by atoms with Gasteiger partial charge in [0.25, 0.3) is 0 Å². The van der Waals surface area contributed by atoms with Crippen LogP contribution in [0.5, 0.6) is 5.75 Å². The highest BCUT2D eigenvalue weighted by Gasteiger charge is 2.07. The Bertz CT molecular complexity index is 1070. The van der Waals surface area contributed by atoms with Gasteiger partial charge in [0.2, 0.25) is 0 Å². The molecular weight excluding hydrogens is 238 g/mol. The Kier molecular flexibility index (Phi) is 1.45. The van der Waals surface area contributed by atoms with Crippen molar-refractivity contribution >= 4 is 10.8 Å². The molecule has 0 heterocycles. The van der Waals surface area contributed by atoms with E-state index in [1.807, 2.05) is 0 Å². The highest BCUT2D eigenvalue weighted by atomic mass is 16.5. The van der Waals surface area contributed by atoms with Crippen LogP contribution in [0.4, 0.5) is 0 Å². The lowest BCUT2D eigenvalue weighted by Gasteiger charge is -2.15. The van der Waals surface area contributed by atoms with E-state index in [-0.39, 0.29) is 0 Å². The Morgan fingerprint density at radius 3 is 2.95 bits per heavy atom. The van der Waals surface area contributed by atoms with E-state index in [0.717, 1.165) is 0 Å². The second kappa shape index (κ2) is 6.55. The van der Waals surface area contributed by atoms with Gasteiger partial charge in [-0.25, -0.2) is 0 Å². The van der Waals surface area contributed by atoms with Crippen molar-refractivity contribution in [3.63, 3.8) is 0 Å². The lowest BCUT2D eigenvalue weighted by atomic mass is 10.1. The van der Waals surface area contributed by atoms with Gasteiger partial charge in [0.15, 0.2) is 0 Å². The molecule has 0 radical (unpaired) electrons. The summed E-state index contributed by atoms with van der Waals surface area (Å²) in [6, 6.07) is -7.24. The Balaban J connectivity index is 2.49. The topological polar surface area (TPSA) is 41.5 Å². The third kappa shape index (κ3) is 3.94. The molecule has 1 unspecified atom stereocenters. The standard InChI is InChI=1S/C16H21NO2/c1-12(2)17-10-14(18)11-19-16-9-5-7-13-6-3-4-8-15(13)16/h3-9,12,14,17-18H,10-11H2,1-2H3/i1D3,2D3,3D,4D,5D,6D,7D,8D,9D,10D2. The van der Waals surface area contributed by atoms with Crippen LogP contribution in [-0.4, -0.2) is 30.4 Å². The monoisotopic (exact) mass is 274 g/mol. The number of benzene rings is 2. The molecule has 0 spiro atoms. The minimum atomic E-state index is -3.16. The summed E-state index contributed by atoms with van der Waals surface area (Å²) >= 11 is 0. The first-order chi connectivity index (χ1) is 15.2. The molecule has 0 aliphatic heterocycles. The molecule has 3 heteroatoms. The summed E-state index contributed by atoms with van der Waals surface area (Å²) in [4.78, 5) is 0. The van der Waals surface area contributed by atoms with Crippen LogP contribution < -0.4 is 10.1 Å². The maximum absolute atomic E-state index is 10.3. The van der Waals surface area contributed by atoms with Crippen LogP contribution in [0.3, 0.4) is 0 Å². The van der Waals surface area contributed by atoms with Crippen LogP contribution in [0.15, 0.2) is 42.3 Å². The van der Waals surface area contributed by atoms with Crippen LogP contribution in [0.2, 0.25) is 0 Å². The normalized spacial score (nSPS) is 26.3. The summed E-state index contributed by atoms with van der Waals surface area (Å²) in [5, 5.41) is 11.2. The summed E-state index contributed by atoms with van der Waals surface area (Å²) in [5.74, 6) is -0.624. The van der Waals surface area contributed by atoms with Crippen molar-refractivity contribution in [2.24, 2.45) is 0 Å². The average Bonchev–Trinajstić information content (AvgIpc) is 2.70. The van der Waals surface area contributed by atoms with Crippen LogP contribution in [0, 0.1) is 0 Å². The van der Waals surface area contributed by atoms with Crippen molar-refractivity contribution in [1.82, 2.24) is 5.32 Å². The highest BCUT2D eigenvalue weighted by Crippen LogP contribution is 2.25. The number of hydrogen-bond acceptors (Lipinski definition) is 3. The largest absolute Gasteiger partial charge is 0.490 e. The van der Waals surface area contributed by atoms with Gasteiger partial charge in [-0.1, -0.05) is 50.0 Å². The third-order valence-corrected chi connectivity index (χ3v) is 2.06. The predicted octanol–water partition coefficient (Wildman–Crippen LogP) is 2.58. The van der Waals surface area contributed by atoms with Crippen LogP contribution in [-0.2, 0) is 0 Å². The molecular formula is C16H21NO2. The second-order valence-electron chi connectivity index (χ2n) is 3.50. The fourth-order valence-electron chi connectivity index (χ4n) is 1.28. The summed E-state index contributed by atoms with van der Waals surface area (Å²) < 4.78 is 121.